The van der Waals surface area contributed by atoms with Gasteiger partial charge in [0.2, 0.25) is 0 Å². The van der Waals surface area contributed by atoms with Gasteiger partial charge in [-0.1, -0.05) is 11.6 Å². The number of ether oxygens (including phenoxy) is 2. The third-order valence-corrected chi connectivity index (χ3v) is 3.26. The fraction of sp³-hybridized carbons (Fsp3) is 0.600. The van der Waals surface area contributed by atoms with Gasteiger partial charge in [0, 0.05) is 17.6 Å². The monoisotopic (exact) mass is 300 g/mol. The first-order chi connectivity index (χ1) is 9.58. The van der Waals surface area contributed by atoms with E-state index in [0.29, 0.717) is 17.4 Å². The van der Waals surface area contributed by atoms with Crippen LogP contribution in [-0.2, 0) is 6.54 Å². The van der Waals surface area contributed by atoms with Crippen molar-refractivity contribution in [1.82, 2.24) is 10.2 Å². The summed E-state index contributed by atoms with van der Waals surface area (Å²) in [6.45, 7) is 5.33. The van der Waals surface area contributed by atoms with Gasteiger partial charge in [0.25, 0.3) is 0 Å². The van der Waals surface area contributed by atoms with Gasteiger partial charge in [-0.15, -0.1) is 0 Å². The highest BCUT2D eigenvalue weighted by Crippen LogP contribution is 2.33. The van der Waals surface area contributed by atoms with Gasteiger partial charge in [-0.2, -0.15) is 0 Å². The van der Waals surface area contributed by atoms with Gasteiger partial charge in [-0.05, 0) is 52.2 Å². The Morgan fingerprint density at radius 3 is 2.60 bits per heavy atom. The molecule has 114 valence electrons. The van der Waals surface area contributed by atoms with Crippen LogP contribution in [0.5, 0.6) is 11.5 Å². The molecule has 0 unspecified atom stereocenters. The maximum Gasteiger partial charge on any atom is 0.162 e. The molecule has 0 heterocycles. The molecule has 1 aromatic rings. The summed E-state index contributed by atoms with van der Waals surface area (Å²) < 4.78 is 10.8. The second-order valence-electron chi connectivity index (χ2n) is 4.86. The molecule has 0 amide bonds. The highest BCUT2D eigenvalue weighted by atomic mass is 35.5. The van der Waals surface area contributed by atoms with Crippen molar-refractivity contribution in [2.24, 2.45) is 0 Å². The molecule has 0 aliphatic carbocycles. The zero-order chi connectivity index (χ0) is 15.0. The van der Waals surface area contributed by atoms with Crippen LogP contribution in [0.15, 0.2) is 12.1 Å². The Kier molecular flexibility index (Phi) is 7.73. The minimum Gasteiger partial charge on any atom is -0.493 e. The van der Waals surface area contributed by atoms with E-state index in [4.69, 9.17) is 21.1 Å². The standard InChI is InChI=1S/C15H25ClN2O2/c1-5-20-15-9-12(13(16)10-14(15)19-4)11-17-7-6-8-18(2)3/h9-10,17H,5-8,11H2,1-4H3. The summed E-state index contributed by atoms with van der Waals surface area (Å²) in [5.74, 6) is 1.41. The summed E-state index contributed by atoms with van der Waals surface area (Å²) in [6, 6.07) is 3.76. The minimum absolute atomic E-state index is 0.605. The Labute approximate surface area is 127 Å². The third kappa shape index (κ3) is 5.57. The van der Waals surface area contributed by atoms with Crippen LogP contribution in [0.1, 0.15) is 18.9 Å². The first kappa shape index (κ1) is 17.1. The first-order valence-electron chi connectivity index (χ1n) is 6.93. The summed E-state index contributed by atoms with van der Waals surface area (Å²) >= 11 is 6.26. The molecule has 0 aromatic heterocycles. The van der Waals surface area contributed by atoms with Crippen LogP contribution in [-0.4, -0.2) is 45.8 Å². The van der Waals surface area contributed by atoms with Crippen LogP contribution in [0.4, 0.5) is 0 Å². The van der Waals surface area contributed by atoms with Gasteiger partial charge in [0.05, 0.1) is 13.7 Å². The van der Waals surface area contributed by atoms with E-state index in [0.717, 1.165) is 37.4 Å². The molecule has 20 heavy (non-hydrogen) atoms. The van der Waals surface area contributed by atoms with Crippen LogP contribution in [0.25, 0.3) is 0 Å². The van der Waals surface area contributed by atoms with Crippen molar-refractivity contribution in [3.8, 4) is 11.5 Å². The number of benzene rings is 1. The number of halogens is 1. The van der Waals surface area contributed by atoms with E-state index in [9.17, 15) is 0 Å². The van der Waals surface area contributed by atoms with Crippen molar-refractivity contribution < 1.29 is 9.47 Å². The average Bonchev–Trinajstić information content (AvgIpc) is 2.41. The van der Waals surface area contributed by atoms with E-state index < -0.39 is 0 Å². The summed E-state index contributed by atoms with van der Waals surface area (Å²) in [4.78, 5) is 2.18. The summed E-state index contributed by atoms with van der Waals surface area (Å²) in [5, 5.41) is 4.10. The SMILES string of the molecule is CCOc1cc(CNCCCN(C)C)c(Cl)cc1OC. The second-order valence-corrected chi connectivity index (χ2v) is 5.27. The van der Waals surface area contributed by atoms with E-state index in [1.807, 2.05) is 19.1 Å². The molecule has 0 saturated carbocycles. The Morgan fingerprint density at radius 2 is 2.00 bits per heavy atom. The fourth-order valence-electron chi connectivity index (χ4n) is 1.88. The van der Waals surface area contributed by atoms with Crippen molar-refractivity contribution in [3.05, 3.63) is 22.7 Å². The predicted octanol–water partition coefficient (Wildman–Crippen LogP) is 2.79. The van der Waals surface area contributed by atoms with Crippen LogP contribution in [0.3, 0.4) is 0 Å². The van der Waals surface area contributed by atoms with E-state index in [1.165, 1.54) is 0 Å². The quantitative estimate of drug-likeness (QED) is 0.711. The molecule has 0 bridgehead atoms. The summed E-state index contributed by atoms with van der Waals surface area (Å²) in [5.41, 5.74) is 1.03. The molecule has 4 nitrogen and oxygen atoms in total. The van der Waals surface area contributed by atoms with Gasteiger partial charge in [0.15, 0.2) is 11.5 Å². The largest absolute Gasteiger partial charge is 0.493 e. The van der Waals surface area contributed by atoms with Gasteiger partial charge in [0.1, 0.15) is 0 Å². The van der Waals surface area contributed by atoms with Crippen LogP contribution >= 0.6 is 11.6 Å². The van der Waals surface area contributed by atoms with Crippen molar-refractivity contribution in [1.29, 1.82) is 0 Å². The van der Waals surface area contributed by atoms with Crippen molar-refractivity contribution in [2.75, 3.05) is 40.9 Å². The molecule has 0 atom stereocenters. The molecule has 1 rings (SSSR count). The zero-order valence-corrected chi connectivity index (χ0v) is 13.6. The van der Waals surface area contributed by atoms with Gasteiger partial charge in [-0.3, -0.25) is 0 Å². The molecule has 1 N–H and O–H groups in total. The average molecular weight is 301 g/mol. The molecular weight excluding hydrogens is 276 g/mol. The molecular formula is C15H25ClN2O2. The minimum atomic E-state index is 0.605. The van der Waals surface area contributed by atoms with E-state index >= 15 is 0 Å². The van der Waals surface area contributed by atoms with Gasteiger partial charge < -0.3 is 19.7 Å². The zero-order valence-electron chi connectivity index (χ0n) is 12.8. The number of hydrogen-bond donors (Lipinski definition) is 1. The molecule has 5 heteroatoms. The lowest BCUT2D eigenvalue weighted by molar-refractivity contribution is 0.310. The molecule has 0 fully saturated rings. The first-order valence-corrected chi connectivity index (χ1v) is 7.31. The molecule has 0 aliphatic heterocycles. The maximum absolute atomic E-state index is 6.26. The Hall–Kier alpha value is -0.970. The predicted molar refractivity (Wildman–Crippen MR) is 84.1 cm³/mol. The molecule has 0 aliphatic rings. The number of nitrogens with one attached hydrogen (secondary N) is 1. The van der Waals surface area contributed by atoms with Crippen LogP contribution < -0.4 is 14.8 Å². The van der Waals surface area contributed by atoms with E-state index in [2.05, 4.69) is 24.3 Å². The lowest BCUT2D eigenvalue weighted by Gasteiger charge is -2.14. The Morgan fingerprint density at radius 1 is 1.25 bits per heavy atom. The molecule has 0 spiro atoms. The third-order valence-electron chi connectivity index (χ3n) is 2.91. The second kappa shape index (κ2) is 9.06. The fourth-order valence-corrected chi connectivity index (χ4v) is 2.10. The van der Waals surface area contributed by atoms with Crippen LogP contribution in [0, 0.1) is 0 Å². The van der Waals surface area contributed by atoms with E-state index in [-0.39, 0.29) is 0 Å². The van der Waals surface area contributed by atoms with Gasteiger partial charge >= 0.3 is 0 Å². The normalized spacial score (nSPS) is 10.9. The number of nitrogens with zero attached hydrogens (tertiary/aromatic N) is 1. The number of hydrogen-bond acceptors (Lipinski definition) is 4. The molecule has 1 aromatic carbocycles. The van der Waals surface area contributed by atoms with Crippen molar-refractivity contribution >= 4 is 11.6 Å². The van der Waals surface area contributed by atoms with Crippen LogP contribution in [0.2, 0.25) is 5.02 Å². The molecule has 0 saturated heterocycles. The van der Waals surface area contributed by atoms with Crippen molar-refractivity contribution in [3.63, 3.8) is 0 Å². The number of methoxy groups -OCH3 is 1. The maximum atomic E-state index is 6.26. The van der Waals surface area contributed by atoms with Gasteiger partial charge in [-0.25, -0.2) is 0 Å². The van der Waals surface area contributed by atoms with Crippen molar-refractivity contribution in [2.45, 2.75) is 19.9 Å². The Bertz CT molecular complexity index is 411. The summed E-state index contributed by atoms with van der Waals surface area (Å²) in [6.07, 6.45) is 1.11. The smallest absolute Gasteiger partial charge is 0.162 e. The topological polar surface area (TPSA) is 33.7 Å². The lowest BCUT2D eigenvalue weighted by atomic mass is 10.2. The highest BCUT2D eigenvalue weighted by molar-refractivity contribution is 6.31. The highest BCUT2D eigenvalue weighted by Gasteiger charge is 2.10. The lowest BCUT2D eigenvalue weighted by Crippen LogP contribution is -2.21. The Balaban J connectivity index is 2.58. The summed E-state index contributed by atoms with van der Waals surface area (Å²) in [7, 11) is 5.77. The molecule has 0 radical (unpaired) electrons. The van der Waals surface area contributed by atoms with E-state index in [1.54, 1.807) is 7.11 Å². The number of rotatable bonds is 9.